The van der Waals surface area contributed by atoms with E-state index in [1.807, 2.05) is 48.0 Å². The van der Waals surface area contributed by atoms with Gasteiger partial charge < -0.3 is 5.32 Å². The average Bonchev–Trinajstić information content (AvgIpc) is 2.78. The summed E-state index contributed by atoms with van der Waals surface area (Å²) in [6.45, 7) is 2.60. The molecule has 1 N–H and O–H groups in total. The summed E-state index contributed by atoms with van der Waals surface area (Å²) >= 11 is 6.13. The summed E-state index contributed by atoms with van der Waals surface area (Å²) in [7, 11) is 0. The van der Waals surface area contributed by atoms with E-state index in [-0.39, 0.29) is 0 Å². The van der Waals surface area contributed by atoms with E-state index in [0.29, 0.717) is 6.54 Å². The van der Waals surface area contributed by atoms with E-state index in [1.165, 1.54) is 0 Å². The number of nitrogens with one attached hydrogen (secondary N) is 1. The van der Waals surface area contributed by atoms with Crippen LogP contribution in [-0.4, -0.2) is 14.6 Å². The van der Waals surface area contributed by atoms with Crippen LogP contribution >= 0.6 is 11.6 Å². The fraction of sp³-hybridized carbons (Fsp3) is 0.143. The van der Waals surface area contributed by atoms with Gasteiger partial charge in [0.25, 0.3) is 0 Å². The Kier molecular flexibility index (Phi) is 3.09. The molecule has 3 rings (SSSR count). The monoisotopic (exact) mass is 272 g/mol. The Morgan fingerprint density at radius 3 is 3.00 bits per heavy atom. The van der Waals surface area contributed by atoms with Crippen molar-refractivity contribution in [1.82, 2.24) is 14.6 Å². The van der Waals surface area contributed by atoms with Crippen LogP contribution in [0.15, 0.2) is 42.7 Å². The second-order valence-electron chi connectivity index (χ2n) is 4.34. The number of nitrogens with zero attached hydrogens (tertiary/aromatic N) is 3. The highest BCUT2D eigenvalue weighted by atomic mass is 35.5. The maximum absolute atomic E-state index is 6.13. The Labute approximate surface area is 116 Å². The van der Waals surface area contributed by atoms with Gasteiger partial charge in [0.05, 0.1) is 5.69 Å². The van der Waals surface area contributed by atoms with Crippen molar-refractivity contribution in [3.05, 3.63) is 59.0 Å². The number of anilines is 1. The van der Waals surface area contributed by atoms with Gasteiger partial charge in [-0.1, -0.05) is 29.8 Å². The van der Waals surface area contributed by atoms with Crippen LogP contribution in [0.1, 0.15) is 11.3 Å². The van der Waals surface area contributed by atoms with Crippen molar-refractivity contribution < 1.29 is 0 Å². The van der Waals surface area contributed by atoms with E-state index in [0.717, 1.165) is 27.6 Å². The molecule has 0 aliphatic rings. The normalized spacial score (nSPS) is 10.8. The fourth-order valence-corrected chi connectivity index (χ4v) is 2.20. The number of aromatic nitrogens is 3. The third-order valence-corrected chi connectivity index (χ3v) is 3.28. The topological polar surface area (TPSA) is 42.2 Å². The summed E-state index contributed by atoms with van der Waals surface area (Å²) < 4.78 is 1.82. The summed E-state index contributed by atoms with van der Waals surface area (Å²) in [5.41, 5.74) is 2.98. The van der Waals surface area contributed by atoms with Crippen LogP contribution in [0, 0.1) is 6.92 Å². The van der Waals surface area contributed by atoms with E-state index < -0.39 is 0 Å². The molecule has 0 aliphatic heterocycles. The number of hydrogen-bond donors (Lipinski definition) is 1. The summed E-state index contributed by atoms with van der Waals surface area (Å²) in [4.78, 5) is 4.35. The zero-order chi connectivity index (χ0) is 13.2. The average molecular weight is 273 g/mol. The number of rotatable bonds is 3. The van der Waals surface area contributed by atoms with Gasteiger partial charge in [0, 0.05) is 24.0 Å². The Morgan fingerprint density at radius 2 is 2.16 bits per heavy atom. The molecule has 0 saturated carbocycles. The van der Waals surface area contributed by atoms with Crippen molar-refractivity contribution in [2.24, 2.45) is 0 Å². The molecule has 0 amide bonds. The van der Waals surface area contributed by atoms with Gasteiger partial charge in [-0.3, -0.25) is 0 Å². The third-order valence-electron chi connectivity index (χ3n) is 2.92. The molecule has 96 valence electrons. The number of fused-ring (bicyclic) bond motifs is 1. The lowest BCUT2D eigenvalue weighted by atomic mass is 10.2. The SMILES string of the molecule is Cc1cc2c(NCc3ccccc3Cl)nccn2n1. The molecule has 0 spiro atoms. The zero-order valence-electron chi connectivity index (χ0n) is 10.5. The van der Waals surface area contributed by atoms with Gasteiger partial charge in [0.2, 0.25) is 0 Å². The molecule has 0 saturated heterocycles. The van der Waals surface area contributed by atoms with Crippen molar-refractivity contribution in [3.63, 3.8) is 0 Å². The first kappa shape index (κ1) is 12.0. The van der Waals surface area contributed by atoms with Gasteiger partial charge in [-0.2, -0.15) is 5.10 Å². The minimum atomic E-state index is 0.635. The molecule has 0 aliphatic carbocycles. The third kappa shape index (κ3) is 2.39. The van der Waals surface area contributed by atoms with Gasteiger partial charge in [-0.25, -0.2) is 9.50 Å². The van der Waals surface area contributed by atoms with Gasteiger partial charge in [0.1, 0.15) is 5.52 Å². The Hall–Kier alpha value is -2.07. The van der Waals surface area contributed by atoms with Crippen molar-refractivity contribution in [2.45, 2.75) is 13.5 Å². The van der Waals surface area contributed by atoms with Crippen molar-refractivity contribution in [1.29, 1.82) is 0 Å². The lowest BCUT2D eigenvalue weighted by Crippen LogP contribution is -2.03. The second-order valence-corrected chi connectivity index (χ2v) is 4.74. The molecule has 0 fully saturated rings. The highest BCUT2D eigenvalue weighted by molar-refractivity contribution is 6.31. The highest BCUT2D eigenvalue weighted by Crippen LogP contribution is 2.19. The molecule has 4 nitrogen and oxygen atoms in total. The quantitative estimate of drug-likeness (QED) is 0.795. The van der Waals surface area contributed by atoms with Crippen LogP contribution in [0.5, 0.6) is 0 Å². The maximum atomic E-state index is 6.13. The minimum Gasteiger partial charge on any atom is -0.364 e. The molecule has 1 aromatic carbocycles. The van der Waals surface area contributed by atoms with Crippen molar-refractivity contribution in [3.8, 4) is 0 Å². The van der Waals surface area contributed by atoms with E-state index in [9.17, 15) is 0 Å². The molecule has 0 bridgehead atoms. The van der Waals surface area contributed by atoms with Crippen LogP contribution < -0.4 is 5.32 Å². The predicted molar refractivity (Wildman–Crippen MR) is 76.5 cm³/mol. The Morgan fingerprint density at radius 1 is 1.32 bits per heavy atom. The Balaban J connectivity index is 1.88. The van der Waals surface area contributed by atoms with Gasteiger partial charge in [-0.05, 0) is 24.6 Å². The minimum absolute atomic E-state index is 0.635. The molecule has 3 aromatic rings. The first-order valence-electron chi connectivity index (χ1n) is 6.02. The van der Waals surface area contributed by atoms with E-state index in [4.69, 9.17) is 11.6 Å². The van der Waals surface area contributed by atoms with Crippen molar-refractivity contribution >= 4 is 22.9 Å². The number of aryl methyl sites for hydroxylation is 1. The summed E-state index contributed by atoms with van der Waals surface area (Å²) in [5, 5.41) is 8.41. The lowest BCUT2D eigenvalue weighted by Gasteiger charge is -2.08. The van der Waals surface area contributed by atoms with E-state index >= 15 is 0 Å². The number of hydrogen-bond acceptors (Lipinski definition) is 3. The largest absolute Gasteiger partial charge is 0.364 e. The molecule has 5 heteroatoms. The highest BCUT2D eigenvalue weighted by Gasteiger charge is 2.05. The maximum Gasteiger partial charge on any atom is 0.152 e. The number of halogens is 1. The molecular formula is C14H13ClN4. The Bertz CT molecular complexity index is 720. The standard InChI is InChI=1S/C14H13ClN4/c1-10-8-13-14(16-6-7-19(13)18-10)17-9-11-4-2-3-5-12(11)15/h2-8H,9H2,1H3,(H,16,17). The van der Waals surface area contributed by atoms with E-state index in [1.54, 1.807) is 6.20 Å². The summed E-state index contributed by atoms with van der Waals surface area (Å²) in [6, 6.07) is 9.78. The second kappa shape index (κ2) is 4.90. The predicted octanol–water partition coefficient (Wildman–Crippen LogP) is 3.30. The van der Waals surface area contributed by atoms with Gasteiger partial charge >= 0.3 is 0 Å². The molecule has 2 heterocycles. The molecular weight excluding hydrogens is 260 g/mol. The van der Waals surface area contributed by atoms with Crippen molar-refractivity contribution in [2.75, 3.05) is 5.32 Å². The molecule has 2 aromatic heterocycles. The molecule has 0 radical (unpaired) electrons. The molecule has 0 unspecified atom stereocenters. The van der Waals surface area contributed by atoms with Crippen LogP contribution in [0.2, 0.25) is 5.02 Å². The first-order valence-corrected chi connectivity index (χ1v) is 6.40. The van der Waals surface area contributed by atoms with E-state index in [2.05, 4.69) is 15.4 Å². The summed E-state index contributed by atoms with van der Waals surface area (Å²) in [5.74, 6) is 0.808. The van der Waals surface area contributed by atoms with Gasteiger partial charge in [-0.15, -0.1) is 0 Å². The first-order chi connectivity index (χ1) is 9.24. The molecule has 19 heavy (non-hydrogen) atoms. The smallest absolute Gasteiger partial charge is 0.152 e. The fourth-order valence-electron chi connectivity index (χ4n) is 2.00. The van der Waals surface area contributed by atoms with Gasteiger partial charge in [0.15, 0.2) is 5.82 Å². The van der Waals surface area contributed by atoms with Crippen LogP contribution in [0.4, 0.5) is 5.82 Å². The van der Waals surface area contributed by atoms with Crippen LogP contribution in [-0.2, 0) is 6.54 Å². The lowest BCUT2D eigenvalue weighted by molar-refractivity contribution is 0.920. The number of benzene rings is 1. The summed E-state index contributed by atoms with van der Waals surface area (Å²) in [6.07, 6.45) is 3.57. The van der Waals surface area contributed by atoms with Crippen LogP contribution in [0.3, 0.4) is 0 Å². The molecule has 0 atom stereocenters. The van der Waals surface area contributed by atoms with Crippen LogP contribution in [0.25, 0.3) is 5.52 Å². The zero-order valence-corrected chi connectivity index (χ0v) is 11.2.